The van der Waals surface area contributed by atoms with Gasteiger partial charge in [0.1, 0.15) is 11.1 Å². The third-order valence-corrected chi connectivity index (χ3v) is 3.79. The van der Waals surface area contributed by atoms with Gasteiger partial charge >= 0.3 is 0 Å². The number of nitrogens with one attached hydrogen (secondary N) is 1. The summed E-state index contributed by atoms with van der Waals surface area (Å²) in [6.07, 6.45) is 8.18. The van der Waals surface area contributed by atoms with E-state index >= 15 is 0 Å². The monoisotopic (exact) mass is 296 g/mol. The molecule has 0 radical (unpaired) electrons. The molecule has 0 unspecified atom stereocenters. The number of ether oxygens (including phenoxy) is 1. The fraction of sp³-hybridized carbons (Fsp3) is 0.688. The normalized spacial score (nSPS) is 17.2. The molecular formula is C16H25ClN2O. The number of hydrogen-bond donors (Lipinski definition) is 1. The number of rotatable bonds is 4. The predicted molar refractivity (Wildman–Crippen MR) is 83.3 cm³/mol. The zero-order valence-electron chi connectivity index (χ0n) is 12.7. The van der Waals surface area contributed by atoms with Crippen LogP contribution in [-0.4, -0.2) is 16.6 Å². The lowest BCUT2D eigenvalue weighted by Gasteiger charge is -2.23. The minimum Gasteiger partial charge on any atom is -0.473 e. The van der Waals surface area contributed by atoms with Gasteiger partial charge in [0.25, 0.3) is 0 Å². The van der Waals surface area contributed by atoms with E-state index in [0.717, 1.165) is 24.9 Å². The molecule has 0 atom stereocenters. The maximum atomic E-state index is 6.28. The second-order valence-corrected chi connectivity index (χ2v) is 7.02. The molecule has 112 valence electrons. The van der Waals surface area contributed by atoms with Crippen LogP contribution in [0.4, 0.5) is 0 Å². The number of halogens is 1. The van der Waals surface area contributed by atoms with Gasteiger partial charge in [0.2, 0.25) is 5.88 Å². The Kier molecular flexibility index (Phi) is 5.28. The SMILES string of the molecule is CC(C)(C)NCc1cnc(OC2CCCCC2)c(Cl)c1. The van der Waals surface area contributed by atoms with E-state index in [-0.39, 0.29) is 11.6 Å². The molecule has 0 spiro atoms. The van der Waals surface area contributed by atoms with Crippen LogP contribution >= 0.6 is 11.6 Å². The number of pyridine rings is 1. The van der Waals surface area contributed by atoms with Gasteiger partial charge in [-0.25, -0.2) is 4.98 Å². The Morgan fingerprint density at radius 2 is 2.00 bits per heavy atom. The largest absolute Gasteiger partial charge is 0.473 e. The highest BCUT2D eigenvalue weighted by molar-refractivity contribution is 6.31. The second kappa shape index (κ2) is 6.77. The number of nitrogens with zero attached hydrogens (tertiary/aromatic N) is 1. The molecule has 1 heterocycles. The van der Waals surface area contributed by atoms with Crippen molar-refractivity contribution >= 4 is 11.6 Å². The minimum absolute atomic E-state index is 0.0870. The molecule has 4 heteroatoms. The van der Waals surface area contributed by atoms with Gasteiger partial charge < -0.3 is 10.1 Å². The van der Waals surface area contributed by atoms with E-state index in [0.29, 0.717) is 10.9 Å². The molecule has 2 rings (SSSR count). The lowest BCUT2D eigenvalue weighted by atomic mass is 9.98. The molecule has 3 nitrogen and oxygen atoms in total. The van der Waals surface area contributed by atoms with Crippen LogP contribution in [0.25, 0.3) is 0 Å². The van der Waals surface area contributed by atoms with Crippen LogP contribution in [0.1, 0.15) is 58.4 Å². The third-order valence-electron chi connectivity index (χ3n) is 3.52. The highest BCUT2D eigenvalue weighted by Crippen LogP contribution is 2.27. The second-order valence-electron chi connectivity index (χ2n) is 6.61. The van der Waals surface area contributed by atoms with Crippen LogP contribution in [0, 0.1) is 0 Å². The van der Waals surface area contributed by atoms with Crippen molar-refractivity contribution in [3.05, 3.63) is 22.8 Å². The highest BCUT2D eigenvalue weighted by atomic mass is 35.5. The summed E-state index contributed by atoms with van der Waals surface area (Å²) < 4.78 is 5.92. The van der Waals surface area contributed by atoms with Crippen LogP contribution in [0.3, 0.4) is 0 Å². The Bertz CT molecular complexity index is 437. The van der Waals surface area contributed by atoms with E-state index in [9.17, 15) is 0 Å². The van der Waals surface area contributed by atoms with Crippen molar-refractivity contribution in [2.75, 3.05) is 0 Å². The van der Waals surface area contributed by atoms with Gasteiger partial charge in [0, 0.05) is 18.3 Å². The van der Waals surface area contributed by atoms with Crippen molar-refractivity contribution in [2.24, 2.45) is 0 Å². The predicted octanol–water partition coefficient (Wildman–Crippen LogP) is 4.33. The van der Waals surface area contributed by atoms with Gasteiger partial charge in [0.05, 0.1) is 0 Å². The molecule has 0 bridgehead atoms. The van der Waals surface area contributed by atoms with Crippen LogP contribution in [0.15, 0.2) is 12.3 Å². The summed E-state index contributed by atoms with van der Waals surface area (Å²) in [4.78, 5) is 4.38. The molecule has 1 saturated carbocycles. The first-order valence-corrected chi connectivity index (χ1v) is 7.88. The summed E-state index contributed by atoms with van der Waals surface area (Å²) >= 11 is 6.28. The molecule has 1 aromatic heterocycles. The Balaban J connectivity index is 1.94. The zero-order valence-corrected chi connectivity index (χ0v) is 13.5. The molecule has 1 aromatic rings. The van der Waals surface area contributed by atoms with Crippen LogP contribution < -0.4 is 10.1 Å². The first-order chi connectivity index (χ1) is 9.44. The van der Waals surface area contributed by atoms with Crippen molar-refractivity contribution < 1.29 is 4.74 Å². The van der Waals surface area contributed by atoms with E-state index in [1.165, 1.54) is 19.3 Å². The Morgan fingerprint density at radius 1 is 1.30 bits per heavy atom. The topological polar surface area (TPSA) is 34.2 Å². The Hall–Kier alpha value is -0.800. The maximum absolute atomic E-state index is 6.28. The molecule has 1 aliphatic rings. The van der Waals surface area contributed by atoms with E-state index in [1.807, 2.05) is 12.3 Å². The van der Waals surface area contributed by atoms with E-state index in [2.05, 4.69) is 31.1 Å². The van der Waals surface area contributed by atoms with E-state index in [1.54, 1.807) is 0 Å². The van der Waals surface area contributed by atoms with Crippen molar-refractivity contribution in [1.29, 1.82) is 0 Å². The zero-order chi connectivity index (χ0) is 14.6. The first kappa shape index (κ1) is 15.6. The summed E-state index contributed by atoms with van der Waals surface area (Å²) in [6.45, 7) is 7.19. The molecule has 1 N–H and O–H groups in total. The molecule has 20 heavy (non-hydrogen) atoms. The highest BCUT2D eigenvalue weighted by Gasteiger charge is 2.17. The smallest absolute Gasteiger partial charge is 0.232 e. The van der Waals surface area contributed by atoms with Gasteiger partial charge in [-0.3, -0.25) is 0 Å². The fourth-order valence-corrected chi connectivity index (χ4v) is 2.59. The summed E-state index contributed by atoms with van der Waals surface area (Å²) in [5.41, 5.74) is 1.17. The minimum atomic E-state index is 0.0870. The molecular weight excluding hydrogens is 272 g/mol. The first-order valence-electron chi connectivity index (χ1n) is 7.50. The molecule has 0 saturated heterocycles. The summed E-state index contributed by atoms with van der Waals surface area (Å²) in [7, 11) is 0. The maximum Gasteiger partial charge on any atom is 0.232 e. The molecule has 0 amide bonds. The molecule has 0 aliphatic heterocycles. The average molecular weight is 297 g/mol. The van der Waals surface area contributed by atoms with Crippen LogP contribution in [0.2, 0.25) is 5.02 Å². The lowest BCUT2D eigenvalue weighted by molar-refractivity contribution is 0.148. The standard InChI is InChI=1S/C16H25ClN2O/c1-16(2,3)19-11-12-9-14(17)15(18-10-12)20-13-7-5-4-6-8-13/h9-10,13,19H,4-8,11H2,1-3H3. The average Bonchev–Trinajstić information content (AvgIpc) is 2.40. The van der Waals surface area contributed by atoms with Gasteiger partial charge in [-0.15, -0.1) is 0 Å². The third kappa shape index (κ3) is 4.95. The number of aromatic nitrogens is 1. The molecule has 1 fully saturated rings. The number of hydrogen-bond acceptors (Lipinski definition) is 3. The van der Waals surface area contributed by atoms with Crippen molar-refractivity contribution in [2.45, 2.75) is 71.1 Å². The van der Waals surface area contributed by atoms with E-state index in [4.69, 9.17) is 16.3 Å². The summed E-state index contributed by atoms with van der Waals surface area (Å²) in [6, 6.07) is 1.95. The molecule has 0 aromatic carbocycles. The van der Waals surface area contributed by atoms with E-state index < -0.39 is 0 Å². The lowest BCUT2D eigenvalue weighted by Crippen LogP contribution is -2.35. The van der Waals surface area contributed by atoms with Crippen molar-refractivity contribution in [1.82, 2.24) is 10.3 Å². The van der Waals surface area contributed by atoms with Crippen molar-refractivity contribution in [3.63, 3.8) is 0 Å². The summed E-state index contributed by atoms with van der Waals surface area (Å²) in [5.74, 6) is 0.582. The Morgan fingerprint density at radius 3 is 2.60 bits per heavy atom. The van der Waals surface area contributed by atoms with Crippen molar-refractivity contribution in [3.8, 4) is 5.88 Å². The Labute approximate surface area is 127 Å². The van der Waals surface area contributed by atoms with Gasteiger partial charge in [0.15, 0.2) is 0 Å². The summed E-state index contributed by atoms with van der Waals surface area (Å²) in [5, 5.41) is 4.04. The molecule has 1 aliphatic carbocycles. The van der Waals surface area contributed by atoms with Crippen LogP contribution in [-0.2, 0) is 6.54 Å². The quantitative estimate of drug-likeness (QED) is 0.898. The van der Waals surface area contributed by atoms with Gasteiger partial charge in [-0.1, -0.05) is 18.0 Å². The van der Waals surface area contributed by atoms with Gasteiger partial charge in [-0.2, -0.15) is 0 Å². The van der Waals surface area contributed by atoms with Gasteiger partial charge in [-0.05, 0) is 58.1 Å². The van der Waals surface area contributed by atoms with Crippen LogP contribution in [0.5, 0.6) is 5.88 Å². The fourth-order valence-electron chi connectivity index (χ4n) is 2.36.